The molecule has 0 aliphatic heterocycles. The number of anilines is 3. The van der Waals surface area contributed by atoms with Crippen molar-refractivity contribution in [2.24, 2.45) is 0 Å². The van der Waals surface area contributed by atoms with Gasteiger partial charge in [0.1, 0.15) is 5.58 Å². The predicted molar refractivity (Wildman–Crippen MR) is 228 cm³/mol. The van der Waals surface area contributed by atoms with E-state index >= 15 is 0 Å². The molecule has 0 fully saturated rings. The number of para-hydroxylation sites is 3. The second-order valence-corrected chi connectivity index (χ2v) is 15.1. The molecule has 8 aromatic carbocycles. The van der Waals surface area contributed by atoms with Gasteiger partial charge in [-0.25, -0.2) is 0 Å². The lowest BCUT2D eigenvalue weighted by molar-refractivity contribution is 0.669. The van der Waals surface area contributed by atoms with Gasteiger partial charge in [-0.1, -0.05) is 152 Å². The zero-order valence-corrected chi connectivity index (χ0v) is 30.6. The van der Waals surface area contributed by atoms with E-state index in [9.17, 15) is 0 Å². The summed E-state index contributed by atoms with van der Waals surface area (Å²) in [4.78, 5) is 2.45. The molecule has 0 atom stereocenters. The normalized spacial score (nSPS) is 14.0. The van der Waals surface area contributed by atoms with Crippen molar-refractivity contribution < 1.29 is 4.42 Å². The Hall–Kier alpha value is -6.64. The standard InChI is InChI=1S/C53H39NO/c1-4-19-39(20-5-1)53(40-21-6-2-7-22-40)47-28-14-12-25-42(47)46-34-45(38-32-31-36-17-10-11-18-37(36)33-38)50(35-48(46)53)54(41-23-8-3-9-24-41)49-29-16-27-44-43-26-13-15-30-51(43)55-52(44)49/h1-9,12-16,19-35H,10-11,17-18H2. The molecule has 0 saturated carbocycles. The largest absolute Gasteiger partial charge is 0.454 e. The first-order valence-electron chi connectivity index (χ1n) is 19.6. The summed E-state index contributed by atoms with van der Waals surface area (Å²) in [5.74, 6) is 0. The molecule has 2 heteroatoms. The zero-order valence-electron chi connectivity index (χ0n) is 30.6. The van der Waals surface area contributed by atoms with Crippen LogP contribution in [0, 0.1) is 0 Å². The van der Waals surface area contributed by atoms with E-state index in [1.165, 1.54) is 68.5 Å². The maximum absolute atomic E-state index is 6.81. The van der Waals surface area contributed by atoms with E-state index in [4.69, 9.17) is 4.42 Å². The molecular formula is C53H39NO. The fourth-order valence-corrected chi connectivity index (χ4v) is 9.69. The second-order valence-electron chi connectivity index (χ2n) is 15.1. The van der Waals surface area contributed by atoms with Crippen molar-refractivity contribution in [3.63, 3.8) is 0 Å². The molecule has 9 aromatic rings. The van der Waals surface area contributed by atoms with Gasteiger partial charge in [0.2, 0.25) is 0 Å². The van der Waals surface area contributed by atoms with Gasteiger partial charge in [-0.3, -0.25) is 0 Å². The van der Waals surface area contributed by atoms with Gasteiger partial charge < -0.3 is 9.32 Å². The van der Waals surface area contributed by atoms with Crippen LogP contribution >= 0.6 is 0 Å². The third-order valence-electron chi connectivity index (χ3n) is 12.1. The van der Waals surface area contributed by atoms with Crippen LogP contribution in [0.25, 0.3) is 44.2 Å². The summed E-state index contributed by atoms with van der Waals surface area (Å²) in [5.41, 5.74) is 17.5. The first-order chi connectivity index (χ1) is 27.3. The van der Waals surface area contributed by atoms with Gasteiger partial charge in [0, 0.05) is 22.0 Å². The molecule has 11 rings (SSSR count). The van der Waals surface area contributed by atoms with Crippen molar-refractivity contribution in [1.29, 1.82) is 0 Å². The lowest BCUT2D eigenvalue weighted by Gasteiger charge is -2.35. The highest BCUT2D eigenvalue weighted by Crippen LogP contribution is 2.59. The number of hydrogen-bond donors (Lipinski definition) is 0. The Morgan fingerprint density at radius 2 is 1.09 bits per heavy atom. The minimum absolute atomic E-state index is 0.536. The SMILES string of the molecule is c1ccc(N(c2cc3c(cc2-c2ccc4c(c2)CCCC4)-c2ccccc2C3(c2ccccc2)c2ccccc2)c2cccc3c2oc2ccccc23)cc1. The zero-order chi connectivity index (χ0) is 36.3. The molecule has 0 bridgehead atoms. The van der Waals surface area contributed by atoms with E-state index in [1.54, 1.807) is 0 Å². The second kappa shape index (κ2) is 12.7. The topological polar surface area (TPSA) is 16.4 Å². The van der Waals surface area contributed by atoms with E-state index in [-0.39, 0.29) is 0 Å². The molecule has 262 valence electrons. The third kappa shape index (κ3) is 4.88. The van der Waals surface area contributed by atoms with Crippen LogP contribution in [0.5, 0.6) is 0 Å². The Labute approximate surface area is 322 Å². The van der Waals surface area contributed by atoms with Gasteiger partial charge in [-0.05, 0) is 112 Å². The molecule has 2 nitrogen and oxygen atoms in total. The van der Waals surface area contributed by atoms with E-state index in [2.05, 4.69) is 193 Å². The Bertz CT molecular complexity index is 2830. The quantitative estimate of drug-likeness (QED) is 0.171. The molecule has 1 heterocycles. The number of fused-ring (bicyclic) bond motifs is 7. The van der Waals surface area contributed by atoms with Gasteiger partial charge in [0.05, 0.1) is 16.8 Å². The van der Waals surface area contributed by atoms with E-state index in [1.807, 2.05) is 0 Å². The molecule has 0 spiro atoms. The van der Waals surface area contributed by atoms with Crippen molar-refractivity contribution in [1.82, 2.24) is 0 Å². The maximum atomic E-state index is 6.81. The van der Waals surface area contributed by atoms with E-state index in [0.29, 0.717) is 0 Å². The molecule has 0 radical (unpaired) electrons. The fraction of sp³-hybridized carbons (Fsp3) is 0.0943. The number of rotatable bonds is 6. The number of nitrogens with zero attached hydrogens (tertiary/aromatic N) is 1. The average molecular weight is 706 g/mol. The molecule has 2 aliphatic carbocycles. The lowest BCUT2D eigenvalue weighted by atomic mass is 9.67. The maximum Gasteiger partial charge on any atom is 0.159 e. The summed E-state index contributed by atoms with van der Waals surface area (Å²) in [7, 11) is 0. The van der Waals surface area contributed by atoms with Gasteiger partial charge in [-0.2, -0.15) is 0 Å². The third-order valence-corrected chi connectivity index (χ3v) is 12.1. The smallest absolute Gasteiger partial charge is 0.159 e. The predicted octanol–water partition coefficient (Wildman–Crippen LogP) is 14.0. The van der Waals surface area contributed by atoms with Crippen LogP contribution in [0.3, 0.4) is 0 Å². The highest BCUT2D eigenvalue weighted by molar-refractivity contribution is 6.11. The molecule has 1 aromatic heterocycles. The Balaban J connectivity index is 1.29. The van der Waals surface area contributed by atoms with Crippen molar-refractivity contribution >= 4 is 39.0 Å². The summed E-state index contributed by atoms with van der Waals surface area (Å²) in [6.45, 7) is 0. The minimum atomic E-state index is -0.536. The van der Waals surface area contributed by atoms with Crippen LogP contribution in [-0.4, -0.2) is 0 Å². The summed E-state index contributed by atoms with van der Waals surface area (Å²) in [6, 6.07) is 69.3. The number of hydrogen-bond acceptors (Lipinski definition) is 2. The van der Waals surface area contributed by atoms with Crippen LogP contribution in [0.15, 0.2) is 192 Å². The number of benzene rings is 8. The van der Waals surface area contributed by atoms with E-state index < -0.39 is 5.41 Å². The highest BCUT2D eigenvalue weighted by atomic mass is 16.3. The molecule has 0 N–H and O–H groups in total. The van der Waals surface area contributed by atoms with Crippen molar-refractivity contribution in [2.75, 3.05) is 4.90 Å². The first kappa shape index (κ1) is 31.8. The van der Waals surface area contributed by atoms with Crippen molar-refractivity contribution in [2.45, 2.75) is 31.1 Å². The molecule has 0 amide bonds. The number of aryl methyl sites for hydroxylation is 2. The van der Waals surface area contributed by atoms with Gasteiger partial charge in [0.25, 0.3) is 0 Å². The Kier molecular flexibility index (Phi) is 7.38. The van der Waals surface area contributed by atoms with Crippen LogP contribution < -0.4 is 4.90 Å². The fourth-order valence-electron chi connectivity index (χ4n) is 9.69. The van der Waals surface area contributed by atoms with Crippen LogP contribution in [0.4, 0.5) is 17.1 Å². The molecular weight excluding hydrogens is 667 g/mol. The van der Waals surface area contributed by atoms with Gasteiger partial charge in [0.15, 0.2) is 5.58 Å². The van der Waals surface area contributed by atoms with Crippen LogP contribution in [-0.2, 0) is 18.3 Å². The summed E-state index contributed by atoms with van der Waals surface area (Å²) in [5, 5.41) is 2.24. The number of furan rings is 1. The van der Waals surface area contributed by atoms with Crippen molar-refractivity contribution in [3.05, 3.63) is 221 Å². The Morgan fingerprint density at radius 3 is 1.87 bits per heavy atom. The molecule has 55 heavy (non-hydrogen) atoms. The highest BCUT2D eigenvalue weighted by Gasteiger charge is 2.47. The van der Waals surface area contributed by atoms with Crippen LogP contribution in [0.1, 0.15) is 46.2 Å². The Morgan fingerprint density at radius 1 is 0.436 bits per heavy atom. The molecule has 0 saturated heterocycles. The van der Waals surface area contributed by atoms with Crippen molar-refractivity contribution in [3.8, 4) is 22.3 Å². The molecule has 0 unspecified atom stereocenters. The van der Waals surface area contributed by atoms with E-state index in [0.717, 1.165) is 51.8 Å². The van der Waals surface area contributed by atoms with Gasteiger partial charge >= 0.3 is 0 Å². The van der Waals surface area contributed by atoms with Gasteiger partial charge in [-0.15, -0.1) is 0 Å². The first-order valence-corrected chi connectivity index (χ1v) is 19.6. The summed E-state index contributed by atoms with van der Waals surface area (Å²) in [6.07, 6.45) is 4.78. The minimum Gasteiger partial charge on any atom is -0.454 e. The summed E-state index contributed by atoms with van der Waals surface area (Å²) < 4.78 is 6.81. The monoisotopic (exact) mass is 705 g/mol. The lowest BCUT2D eigenvalue weighted by Crippen LogP contribution is -2.28. The van der Waals surface area contributed by atoms with Crippen LogP contribution in [0.2, 0.25) is 0 Å². The molecule has 2 aliphatic rings. The average Bonchev–Trinajstić information content (AvgIpc) is 3.78. The summed E-state index contributed by atoms with van der Waals surface area (Å²) >= 11 is 0.